The van der Waals surface area contributed by atoms with Gasteiger partial charge in [-0.15, -0.1) is 0 Å². The Bertz CT molecular complexity index is 1360. The number of amides is 1. The van der Waals surface area contributed by atoms with Crippen LogP contribution >= 0.6 is 0 Å². The Morgan fingerprint density at radius 3 is 2.43 bits per heavy atom. The van der Waals surface area contributed by atoms with Crippen molar-refractivity contribution in [3.63, 3.8) is 0 Å². The van der Waals surface area contributed by atoms with Crippen LogP contribution in [0.5, 0.6) is 5.75 Å². The topological polar surface area (TPSA) is 184 Å². The van der Waals surface area contributed by atoms with Gasteiger partial charge in [0.2, 0.25) is 0 Å². The summed E-state index contributed by atoms with van der Waals surface area (Å²) in [5.74, 6) is -0.914. The lowest BCUT2D eigenvalue weighted by Gasteiger charge is -2.24. The fourth-order valence-electron chi connectivity index (χ4n) is 4.37. The maximum absolute atomic E-state index is 11.8. The first-order valence-electron chi connectivity index (χ1n) is 11.7. The molecule has 4 rings (SSSR count). The average Bonchev–Trinajstić information content (AvgIpc) is 3.42. The molecular weight excluding hydrogens is 479 g/mol. The quantitative estimate of drug-likeness (QED) is 0.175. The van der Waals surface area contributed by atoms with E-state index in [4.69, 9.17) is 13.6 Å². The zero-order valence-corrected chi connectivity index (χ0v) is 21.3. The summed E-state index contributed by atoms with van der Waals surface area (Å²) in [6.07, 6.45) is 8.43. The predicted octanol–water partition coefficient (Wildman–Crippen LogP) is 0.217. The monoisotopic (exact) mass is 510 g/mol. The Morgan fingerprint density at radius 2 is 1.89 bits per heavy atom. The van der Waals surface area contributed by atoms with Crippen LogP contribution in [0, 0.1) is 5.41 Å². The zero-order chi connectivity index (χ0) is 27.7. The number of carbonyl (C=O) groups excluding carboxylic acids is 1. The van der Waals surface area contributed by atoms with E-state index in [1.165, 1.54) is 44.1 Å². The van der Waals surface area contributed by atoms with E-state index in [2.05, 4.69) is 22.3 Å². The third kappa shape index (κ3) is 6.00. The van der Waals surface area contributed by atoms with Gasteiger partial charge in [-0.3, -0.25) is 19.1 Å². The van der Waals surface area contributed by atoms with Gasteiger partial charge in [0.05, 0.1) is 11.4 Å². The summed E-state index contributed by atoms with van der Waals surface area (Å²) in [4.78, 5) is 39.1. The predicted molar refractivity (Wildman–Crippen MR) is 138 cm³/mol. The number of nitrogens with one attached hydrogen (secondary N) is 1. The van der Waals surface area contributed by atoms with Gasteiger partial charge < -0.3 is 31.3 Å². The van der Waals surface area contributed by atoms with E-state index in [1.54, 1.807) is 17.9 Å². The van der Waals surface area contributed by atoms with Crippen molar-refractivity contribution in [3.8, 4) is 5.75 Å². The first kappa shape index (κ1) is 27.9. The minimum Gasteiger partial charge on any atom is -0.504 e. The SMILES string of the molecule is CN(C)C(=O)c1nccc(Nc2c(N)c(=O)c2=O)c1O.[B]C(O)(O)c1cn(C)nc1CC1(C)CCCC1. The minimum absolute atomic E-state index is 0.0731. The molecule has 1 aromatic carbocycles. The Balaban J connectivity index is 0.000000208. The van der Waals surface area contributed by atoms with Crippen molar-refractivity contribution >= 4 is 30.8 Å². The van der Waals surface area contributed by atoms with Crippen molar-refractivity contribution < 1.29 is 20.1 Å². The first-order chi connectivity index (χ1) is 17.1. The molecule has 1 amide bonds. The second-order valence-corrected chi connectivity index (χ2v) is 9.91. The Kier molecular flexibility index (Phi) is 7.79. The number of nitrogens with zero attached hydrogens (tertiary/aromatic N) is 4. The van der Waals surface area contributed by atoms with Crippen molar-refractivity contribution in [1.82, 2.24) is 19.7 Å². The van der Waals surface area contributed by atoms with E-state index >= 15 is 0 Å². The van der Waals surface area contributed by atoms with E-state index in [0.717, 1.165) is 19.3 Å². The number of aryl methyl sites for hydroxylation is 1. The molecule has 12 nitrogen and oxygen atoms in total. The van der Waals surface area contributed by atoms with E-state index in [9.17, 15) is 29.7 Å². The number of pyridine rings is 1. The van der Waals surface area contributed by atoms with Gasteiger partial charge in [-0.25, -0.2) is 4.98 Å². The van der Waals surface area contributed by atoms with Gasteiger partial charge in [-0.1, -0.05) is 19.8 Å². The lowest BCUT2D eigenvalue weighted by atomic mass is 9.80. The minimum atomic E-state index is -2.29. The van der Waals surface area contributed by atoms with Gasteiger partial charge in [0.25, 0.3) is 16.8 Å². The van der Waals surface area contributed by atoms with Gasteiger partial charge in [0.15, 0.2) is 19.3 Å². The molecule has 2 aromatic heterocycles. The molecule has 13 heteroatoms. The summed E-state index contributed by atoms with van der Waals surface area (Å²) in [6, 6.07) is 1.36. The molecule has 1 saturated carbocycles. The smallest absolute Gasteiger partial charge is 0.275 e. The highest BCUT2D eigenvalue weighted by Crippen LogP contribution is 2.41. The largest absolute Gasteiger partial charge is 0.504 e. The molecule has 2 heterocycles. The van der Waals surface area contributed by atoms with Crippen LogP contribution < -0.4 is 21.9 Å². The summed E-state index contributed by atoms with van der Waals surface area (Å²) < 4.78 is 1.58. The number of carbonyl (C=O) groups is 1. The van der Waals surface area contributed by atoms with Crippen LogP contribution in [0.1, 0.15) is 54.4 Å². The van der Waals surface area contributed by atoms with E-state index in [1.807, 2.05) is 0 Å². The van der Waals surface area contributed by atoms with Crippen molar-refractivity contribution in [2.24, 2.45) is 12.5 Å². The number of anilines is 3. The first-order valence-corrected chi connectivity index (χ1v) is 11.7. The third-order valence-electron chi connectivity index (χ3n) is 6.45. The number of hydrogen-bond donors (Lipinski definition) is 5. The number of hydrogen-bond acceptors (Lipinski definition) is 10. The molecule has 3 aromatic rings. The molecule has 6 N–H and O–H groups in total. The highest BCUT2D eigenvalue weighted by atomic mass is 16.5. The molecule has 0 spiro atoms. The number of aliphatic hydroxyl groups is 2. The highest BCUT2D eigenvalue weighted by molar-refractivity contribution is 6.13. The van der Waals surface area contributed by atoms with Gasteiger partial charge in [-0.2, -0.15) is 5.10 Å². The van der Waals surface area contributed by atoms with Crippen molar-refractivity contribution in [3.05, 3.63) is 55.9 Å². The van der Waals surface area contributed by atoms with Crippen LogP contribution in [0.2, 0.25) is 0 Å². The molecule has 0 unspecified atom stereocenters. The van der Waals surface area contributed by atoms with Crippen LogP contribution in [-0.4, -0.2) is 62.8 Å². The summed E-state index contributed by atoms with van der Waals surface area (Å²) >= 11 is 0. The van der Waals surface area contributed by atoms with Crippen LogP contribution in [0.4, 0.5) is 17.1 Å². The van der Waals surface area contributed by atoms with E-state index in [-0.39, 0.29) is 28.2 Å². The second-order valence-electron chi connectivity index (χ2n) is 9.91. The summed E-state index contributed by atoms with van der Waals surface area (Å²) in [7, 11) is 10.1. The summed E-state index contributed by atoms with van der Waals surface area (Å²) in [5, 5.41) is 35.9. The van der Waals surface area contributed by atoms with Gasteiger partial charge in [0.1, 0.15) is 17.1 Å². The van der Waals surface area contributed by atoms with Crippen LogP contribution in [0.3, 0.4) is 0 Å². The number of aromatic nitrogens is 3. The van der Waals surface area contributed by atoms with Crippen molar-refractivity contribution in [2.75, 3.05) is 25.1 Å². The fraction of sp³-hybridized carbons (Fsp3) is 0.458. The number of rotatable bonds is 6. The number of nitrogen functional groups attached to an aromatic ring is 1. The molecule has 2 radical (unpaired) electrons. The van der Waals surface area contributed by atoms with E-state index in [0.29, 0.717) is 11.3 Å². The number of nitrogens with two attached hydrogens (primary N) is 1. The molecule has 1 aliphatic carbocycles. The Hall–Kier alpha value is -3.71. The zero-order valence-electron chi connectivity index (χ0n) is 21.3. The van der Waals surface area contributed by atoms with Gasteiger partial charge in [-0.05, 0) is 30.7 Å². The summed E-state index contributed by atoms with van der Waals surface area (Å²) in [6.45, 7) is 2.23. The molecule has 37 heavy (non-hydrogen) atoms. The maximum Gasteiger partial charge on any atom is 0.275 e. The van der Waals surface area contributed by atoms with Gasteiger partial charge >= 0.3 is 0 Å². The number of aromatic hydroxyl groups is 1. The van der Waals surface area contributed by atoms with Crippen molar-refractivity contribution in [1.29, 1.82) is 0 Å². The molecular formula is C24H31BN6O6. The Labute approximate surface area is 214 Å². The van der Waals surface area contributed by atoms with Crippen LogP contribution in [-0.2, 0) is 19.2 Å². The normalized spacial score (nSPS) is 14.8. The fourth-order valence-corrected chi connectivity index (χ4v) is 4.37. The lowest BCUT2D eigenvalue weighted by molar-refractivity contribution is -0.0918. The van der Waals surface area contributed by atoms with Crippen molar-refractivity contribution in [2.45, 2.75) is 44.7 Å². The molecule has 1 aliphatic rings. The van der Waals surface area contributed by atoms with Gasteiger partial charge in [0, 0.05) is 39.1 Å². The second kappa shape index (κ2) is 10.3. The molecule has 0 saturated heterocycles. The highest BCUT2D eigenvalue weighted by Gasteiger charge is 2.33. The van der Waals surface area contributed by atoms with Crippen LogP contribution in [0.15, 0.2) is 28.0 Å². The molecule has 1 fully saturated rings. The average molecular weight is 510 g/mol. The molecule has 196 valence electrons. The molecule has 0 aliphatic heterocycles. The lowest BCUT2D eigenvalue weighted by Crippen LogP contribution is -2.36. The Morgan fingerprint density at radius 1 is 1.27 bits per heavy atom. The van der Waals surface area contributed by atoms with E-state index < -0.39 is 28.2 Å². The molecule has 0 atom stereocenters. The molecule has 0 bridgehead atoms. The third-order valence-corrected chi connectivity index (χ3v) is 6.45. The van der Waals surface area contributed by atoms with Crippen LogP contribution in [0.25, 0.3) is 0 Å². The standard InChI is InChI=1S/C12H19BN2O2.C12H12N4O4/c1-11(5-3-4-6-11)7-10-9(12(13,16)17)8-15(2)14-10;1-16(2)12(20)8-9(17)5(3-4-14-8)15-7-6(13)10(18)11(7)19/h8,16-17H,3-7H2,1-2H3;3-4,17H,13H2,1-2H3,(H,14,15). The maximum atomic E-state index is 11.8. The summed E-state index contributed by atoms with van der Waals surface area (Å²) in [5.41, 5.74) is 2.38.